The molecule has 0 spiro atoms. The van der Waals surface area contributed by atoms with Crippen LogP contribution in [0.15, 0.2) is 18.2 Å². The third kappa shape index (κ3) is 4.76. The summed E-state index contributed by atoms with van der Waals surface area (Å²) < 4.78 is 0. The largest absolute Gasteiger partial charge is 0.385 e. The van der Waals surface area contributed by atoms with Gasteiger partial charge in [-0.15, -0.1) is 0 Å². The third-order valence-electron chi connectivity index (χ3n) is 4.33. The number of benzene rings is 1. The number of aryl methyl sites for hydroxylation is 1. The number of carbonyl (C=O) groups is 1. The second kappa shape index (κ2) is 8.06. The topological polar surface area (TPSA) is 41.1 Å². The van der Waals surface area contributed by atoms with Crippen LogP contribution in [-0.2, 0) is 0 Å². The van der Waals surface area contributed by atoms with Crippen molar-refractivity contribution in [2.24, 2.45) is 5.92 Å². The molecule has 0 saturated heterocycles. The van der Waals surface area contributed by atoms with Crippen LogP contribution in [0.4, 0.5) is 5.69 Å². The van der Waals surface area contributed by atoms with Crippen LogP contribution in [0.2, 0.25) is 0 Å². The van der Waals surface area contributed by atoms with Gasteiger partial charge in [-0.25, -0.2) is 0 Å². The minimum atomic E-state index is 0.0608. The molecule has 1 saturated carbocycles. The van der Waals surface area contributed by atoms with Gasteiger partial charge in [0.2, 0.25) is 0 Å². The quantitative estimate of drug-likeness (QED) is 0.826. The Balaban J connectivity index is 1.88. The summed E-state index contributed by atoms with van der Waals surface area (Å²) in [6.07, 6.45) is 7.62. The van der Waals surface area contributed by atoms with Crippen molar-refractivity contribution in [1.29, 1.82) is 0 Å². The molecular formula is C18H28N2O. The summed E-state index contributed by atoms with van der Waals surface area (Å²) in [4.78, 5) is 12.2. The number of carbonyl (C=O) groups excluding carboxylic acids is 1. The highest BCUT2D eigenvalue weighted by atomic mass is 16.1. The maximum atomic E-state index is 12.2. The van der Waals surface area contributed by atoms with Crippen molar-refractivity contribution in [2.45, 2.75) is 52.4 Å². The van der Waals surface area contributed by atoms with Crippen molar-refractivity contribution in [3.05, 3.63) is 29.3 Å². The van der Waals surface area contributed by atoms with E-state index in [1.54, 1.807) is 0 Å². The zero-order chi connectivity index (χ0) is 15.1. The molecule has 1 aliphatic carbocycles. The average molecular weight is 288 g/mol. The van der Waals surface area contributed by atoms with E-state index in [0.29, 0.717) is 5.92 Å². The van der Waals surface area contributed by atoms with Gasteiger partial charge in [-0.1, -0.05) is 26.2 Å². The Morgan fingerprint density at radius 3 is 2.67 bits per heavy atom. The van der Waals surface area contributed by atoms with Crippen LogP contribution in [0.5, 0.6) is 0 Å². The number of amides is 1. The van der Waals surface area contributed by atoms with Gasteiger partial charge in [0.05, 0.1) is 0 Å². The van der Waals surface area contributed by atoms with Crippen LogP contribution >= 0.6 is 0 Å². The first-order chi connectivity index (χ1) is 10.2. The molecule has 21 heavy (non-hydrogen) atoms. The molecular weight excluding hydrogens is 260 g/mol. The molecule has 1 fully saturated rings. The Bertz CT molecular complexity index is 464. The molecule has 0 unspecified atom stereocenters. The lowest BCUT2D eigenvalue weighted by Crippen LogP contribution is -2.30. The molecule has 0 atom stereocenters. The maximum Gasteiger partial charge on any atom is 0.251 e. The van der Waals surface area contributed by atoms with Crippen LogP contribution in [0.25, 0.3) is 0 Å². The minimum absolute atomic E-state index is 0.0608. The molecule has 1 aliphatic rings. The molecule has 2 rings (SSSR count). The summed E-state index contributed by atoms with van der Waals surface area (Å²) in [5.74, 6) is 0.736. The van der Waals surface area contributed by atoms with Crippen LogP contribution < -0.4 is 10.6 Å². The van der Waals surface area contributed by atoms with Crippen molar-refractivity contribution in [2.75, 3.05) is 18.4 Å². The van der Waals surface area contributed by atoms with Crippen molar-refractivity contribution in [3.63, 3.8) is 0 Å². The predicted molar refractivity (Wildman–Crippen MR) is 88.9 cm³/mol. The second-order valence-corrected chi connectivity index (χ2v) is 6.17. The molecule has 0 aromatic heterocycles. The first-order valence-electron chi connectivity index (χ1n) is 8.33. The van der Waals surface area contributed by atoms with Crippen molar-refractivity contribution in [1.82, 2.24) is 5.32 Å². The SMILES string of the molecule is CCCNc1ccc(C(=O)NCC2CCCCC2)cc1C. The molecule has 1 aromatic carbocycles. The Morgan fingerprint density at radius 1 is 1.24 bits per heavy atom. The Kier molecular flexibility index (Phi) is 6.09. The van der Waals surface area contributed by atoms with Gasteiger partial charge in [-0.3, -0.25) is 4.79 Å². The van der Waals surface area contributed by atoms with Gasteiger partial charge in [0, 0.05) is 24.3 Å². The summed E-state index contributed by atoms with van der Waals surface area (Å²) in [6, 6.07) is 5.91. The monoisotopic (exact) mass is 288 g/mol. The first kappa shape index (κ1) is 15.9. The Hall–Kier alpha value is -1.51. The first-order valence-corrected chi connectivity index (χ1v) is 8.33. The van der Waals surface area contributed by atoms with E-state index in [1.165, 1.54) is 32.1 Å². The standard InChI is InChI=1S/C18H28N2O/c1-3-11-19-17-10-9-16(12-14(17)2)18(21)20-13-15-7-5-4-6-8-15/h9-10,12,15,19H,3-8,11,13H2,1-2H3,(H,20,21). The van der Waals surface area contributed by atoms with Crippen molar-refractivity contribution >= 4 is 11.6 Å². The highest BCUT2D eigenvalue weighted by Crippen LogP contribution is 2.23. The molecule has 1 aromatic rings. The van der Waals surface area contributed by atoms with Gasteiger partial charge in [0.15, 0.2) is 0 Å². The van der Waals surface area contributed by atoms with Crippen molar-refractivity contribution < 1.29 is 4.79 Å². The lowest BCUT2D eigenvalue weighted by molar-refractivity contribution is 0.0943. The third-order valence-corrected chi connectivity index (χ3v) is 4.33. The van der Waals surface area contributed by atoms with Gasteiger partial charge >= 0.3 is 0 Å². The zero-order valence-electron chi connectivity index (χ0n) is 13.4. The van der Waals surface area contributed by atoms with Crippen LogP contribution in [0.3, 0.4) is 0 Å². The number of hydrogen-bond donors (Lipinski definition) is 2. The van der Waals surface area contributed by atoms with Crippen LogP contribution in [0, 0.1) is 12.8 Å². The molecule has 0 radical (unpaired) electrons. The maximum absolute atomic E-state index is 12.2. The van der Waals surface area contributed by atoms with Gasteiger partial charge < -0.3 is 10.6 Å². The van der Waals surface area contributed by atoms with E-state index >= 15 is 0 Å². The van der Waals surface area contributed by atoms with E-state index in [-0.39, 0.29) is 5.91 Å². The smallest absolute Gasteiger partial charge is 0.251 e. The number of nitrogens with one attached hydrogen (secondary N) is 2. The normalized spacial score (nSPS) is 15.7. The number of anilines is 1. The summed E-state index contributed by atoms with van der Waals surface area (Å²) >= 11 is 0. The average Bonchev–Trinajstić information content (AvgIpc) is 2.52. The van der Waals surface area contributed by atoms with Crippen LogP contribution in [-0.4, -0.2) is 19.0 Å². The fraction of sp³-hybridized carbons (Fsp3) is 0.611. The van der Waals surface area contributed by atoms with Gasteiger partial charge in [-0.05, 0) is 55.9 Å². The molecule has 2 N–H and O–H groups in total. The fourth-order valence-corrected chi connectivity index (χ4v) is 2.99. The summed E-state index contributed by atoms with van der Waals surface area (Å²) in [5, 5.41) is 6.48. The lowest BCUT2D eigenvalue weighted by Gasteiger charge is -2.21. The van der Waals surface area contributed by atoms with E-state index < -0.39 is 0 Å². The number of hydrogen-bond acceptors (Lipinski definition) is 2. The molecule has 3 nitrogen and oxygen atoms in total. The van der Waals surface area contributed by atoms with Gasteiger partial charge in [0.1, 0.15) is 0 Å². The molecule has 116 valence electrons. The van der Waals surface area contributed by atoms with E-state index in [2.05, 4.69) is 24.5 Å². The Labute approximate surface area is 128 Å². The van der Waals surface area contributed by atoms with E-state index in [1.807, 2.05) is 18.2 Å². The fourth-order valence-electron chi connectivity index (χ4n) is 2.99. The summed E-state index contributed by atoms with van der Waals surface area (Å²) in [7, 11) is 0. The molecule has 0 bridgehead atoms. The predicted octanol–water partition coefficient (Wildman–Crippen LogP) is 4.13. The highest BCUT2D eigenvalue weighted by molar-refractivity contribution is 5.94. The zero-order valence-corrected chi connectivity index (χ0v) is 13.4. The second-order valence-electron chi connectivity index (χ2n) is 6.17. The Morgan fingerprint density at radius 2 is 2.00 bits per heavy atom. The van der Waals surface area contributed by atoms with Gasteiger partial charge in [0.25, 0.3) is 5.91 Å². The summed E-state index contributed by atoms with van der Waals surface area (Å²) in [5.41, 5.74) is 3.03. The summed E-state index contributed by atoms with van der Waals surface area (Å²) in [6.45, 7) is 5.99. The molecule has 1 amide bonds. The van der Waals surface area contributed by atoms with Crippen molar-refractivity contribution in [3.8, 4) is 0 Å². The lowest BCUT2D eigenvalue weighted by atomic mass is 9.89. The van der Waals surface area contributed by atoms with E-state index in [0.717, 1.165) is 36.3 Å². The van der Waals surface area contributed by atoms with Gasteiger partial charge in [-0.2, -0.15) is 0 Å². The molecule has 0 aliphatic heterocycles. The van der Waals surface area contributed by atoms with E-state index in [4.69, 9.17) is 0 Å². The van der Waals surface area contributed by atoms with E-state index in [9.17, 15) is 4.79 Å². The molecule has 3 heteroatoms. The highest BCUT2D eigenvalue weighted by Gasteiger charge is 2.15. The number of rotatable bonds is 6. The minimum Gasteiger partial charge on any atom is -0.385 e. The van der Waals surface area contributed by atoms with Crippen LogP contribution in [0.1, 0.15) is 61.4 Å². The molecule has 0 heterocycles.